The summed E-state index contributed by atoms with van der Waals surface area (Å²) in [6.07, 6.45) is 3.07. The molecule has 3 rings (SSSR count). The molecule has 0 spiro atoms. The van der Waals surface area contributed by atoms with Gasteiger partial charge in [-0.1, -0.05) is 29.4 Å². The Labute approximate surface area is 136 Å². The highest BCUT2D eigenvalue weighted by Crippen LogP contribution is 2.29. The molecule has 1 aliphatic carbocycles. The van der Waals surface area contributed by atoms with Crippen LogP contribution < -0.4 is 0 Å². The molecule has 0 N–H and O–H groups in total. The first-order valence-electron chi connectivity index (χ1n) is 7.56. The zero-order valence-electron chi connectivity index (χ0n) is 13.5. The van der Waals surface area contributed by atoms with Gasteiger partial charge in [0.15, 0.2) is 0 Å². The number of benzene rings is 1. The van der Waals surface area contributed by atoms with Crippen LogP contribution in [-0.2, 0) is 23.0 Å². The molecule has 122 valence electrons. The van der Waals surface area contributed by atoms with Gasteiger partial charge in [-0.2, -0.15) is 4.31 Å². The maximum Gasteiger partial charge on any atom is 0.239 e. The Hall–Kier alpha value is -1.92. The van der Waals surface area contributed by atoms with E-state index in [0.29, 0.717) is 17.1 Å². The molecule has 23 heavy (non-hydrogen) atoms. The van der Waals surface area contributed by atoms with E-state index >= 15 is 0 Å². The van der Waals surface area contributed by atoms with Crippen molar-refractivity contribution in [3.63, 3.8) is 0 Å². The quantitative estimate of drug-likeness (QED) is 0.863. The highest BCUT2D eigenvalue weighted by molar-refractivity contribution is 7.93. The van der Waals surface area contributed by atoms with Crippen LogP contribution in [-0.4, -0.2) is 24.9 Å². The zero-order valence-corrected chi connectivity index (χ0v) is 14.4. The number of aryl methyl sites for hydroxylation is 3. The minimum Gasteiger partial charge on any atom is -0.361 e. The van der Waals surface area contributed by atoms with Gasteiger partial charge in [0, 0.05) is 19.2 Å². The average molecular weight is 332 g/mol. The molecule has 1 aromatic carbocycles. The maximum atomic E-state index is 12.9. The van der Waals surface area contributed by atoms with E-state index in [-0.39, 0.29) is 6.54 Å². The van der Waals surface area contributed by atoms with E-state index in [1.54, 1.807) is 20.0 Å². The Kier molecular flexibility index (Phi) is 4.12. The molecule has 0 unspecified atom stereocenters. The van der Waals surface area contributed by atoms with Crippen LogP contribution in [0.1, 0.15) is 34.6 Å². The minimum absolute atomic E-state index is 0.266. The predicted molar refractivity (Wildman–Crippen MR) is 89.1 cm³/mol. The Morgan fingerprint density at radius 3 is 2.65 bits per heavy atom. The Morgan fingerprint density at radius 1 is 1.22 bits per heavy atom. The molecular weight excluding hydrogens is 312 g/mol. The van der Waals surface area contributed by atoms with E-state index in [1.165, 1.54) is 9.87 Å². The second-order valence-corrected chi connectivity index (χ2v) is 7.97. The molecule has 0 saturated carbocycles. The van der Waals surface area contributed by atoms with Crippen LogP contribution in [0.2, 0.25) is 0 Å². The number of allylic oxidation sites excluding steroid dienone is 1. The Balaban J connectivity index is 1.89. The van der Waals surface area contributed by atoms with Crippen molar-refractivity contribution in [3.05, 3.63) is 57.3 Å². The molecule has 1 aromatic heterocycles. The van der Waals surface area contributed by atoms with Crippen molar-refractivity contribution in [3.8, 4) is 0 Å². The molecule has 1 heterocycles. The molecular formula is C17H20N2O3S. The average Bonchev–Trinajstić information content (AvgIpc) is 2.86. The van der Waals surface area contributed by atoms with E-state index in [2.05, 4.69) is 5.16 Å². The standard InChI is InChI=1S/C17H20N2O3S/c1-12-17(13(2)22-18-12)11-19(3)23(20,21)16-9-8-14-6-4-5-7-15(14)10-16/h4-7,10H,8-9,11H2,1-3H3. The fourth-order valence-electron chi connectivity index (χ4n) is 2.85. The van der Waals surface area contributed by atoms with Crippen molar-refractivity contribution in [2.75, 3.05) is 7.05 Å². The van der Waals surface area contributed by atoms with E-state index in [9.17, 15) is 8.42 Å². The van der Waals surface area contributed by atoms with E-state index < -0.39 is 10.0 Å². The van der Waals surface area contributed by atoms with Crippen LogP contribution in [0.5, 0.6) is 0 Å². The monoisotopic (exact) mass is 332 g/mol. The molecule has 2 aromatic rings. The number of aromatic nitrogens is 1. The third kappa shape index (κ3) is 2.96. The number of hydrogen-bond donors (Lipinski definition) is 0. The van der Waals surface area contributed by atoms with Crippen LogP contribution in [0.25, 0.3) is 6.08 Å². The molecule has 1 aliphatic rings. The number of nitrogens with zero attached hydrogens (tertiary/aromatic N) is 2. The normalized spacial score (nSPS) is 14.7. The summed E-state index contributed by atoms with van der Waals surface area (Å²) in [6.45, 7) is 3.89. The summed E-state index contributed by atoms with van der Waals surface area (Å²) in [7, 11) is -1.89. The number of fused-ring (bicyclic) bond motifs is 1. The first kappa shape index (κ1) is 16.0. The fraction of sp³-hybridized carbons (Fsp3) is 0.353. The summed E-state index contributed by atoms with van der Waals surface area (Å²) < 4.78 is 32.2. The van der Waals surface area contributed by atoms with Gasteiger partial charge in [-0.15, -0.1) is 0 Å². The van der Waals surface area contributed by atoms with Crippen LogP contribution in [0.4, 0.5) is 0 Å². The summed E-state index contributed by atoms with van der Waals surface area (Å²) >= 11 is 0. The summed E-state index contributed by atoms with van der Waals surface area (Å²) in [5, 5.41) is 3.88. The lowest BCUT2D eigenvalue weighted by atomic mass is 9.98. The van der Waals surface area contributed by atoms with Gasteiger partial charge < -0.3 is 4.52 Å². The topological polar surface area (TPSA) is 63.4 Å². The molecule has 0 aliphatic heterocycles. The number of hydrogen-bond acceptors (Lipinski definition) is 4. The molecule has 0 fully saturated rings. The molecule has 0 bridgehead atoms. The Morgan fingerprint density at radius 2 is 1.96 bits per heavy atom. The van der Waals surface area contributed by atoms with Crippen molar-refractivity contribution < 1.29 is 12.9 Å². The summed E-state index contributed by atoms with van der Waals surface area (Å²) in [4.78, 5) is 0.463. The van der Waals surface area contributed by atoms with Gasteiger partial charge in [-0.25, -0.2) is 8.42 Å². The molecule has 0 saturated heterocycles. The van der Waals surface area contributed by atoms with Gasteiger partial charge in [-0.05, 0) is 43.9 Å². The van der Waals surface area contributed by atoms with Gasteiger partial charge in [-0.3, -0.25) is 0 Å². The minimum atomic E-state index is -3.49. The summed E-state index contributed by atoms with van der Waals surface area (Å²) in [5.41, 5.74) is 3.74. The van der Waals surface area contributed by atoms with Gasteiger partial charge >= 0.3 is 0 Å². The predicted octanol–water partition coefficient (Wildman–Crippen LogP) is 3.04. The van der Waals surface area contributed by atoms with Crippen molar-refractivity contribution in [1.82, 2.24) is 9.46 Å². The van der Waals surface area contributed by atoms with Crippen molar-refractivity contribution in [1.29, 1.82) is 0 Å². The SMILES string of the molecule is Cc1noc(C)c1CN(C)S(=O)(=O)C1=Cc2ccccc2CC1. The van der Waals surface area contributed by atoms with E-state index in [1.807, 2.05) is 31.2 Å². The Bertz CT molecular complexity index is 846. The van der Waals surface area contributed by atoms with E-state index in [4.69, 9.17) is 4.52 Å². The van der Waals surface area contributed by atoms with Crippen LogP contribution in [0, 0.1) is 13.8 Å². The summed E-state index contributed by atoms with van der Waals surface area (Å²) in [6, 6.07) is 7.91. The first-order valence-corrected chi connectivity index (χ1v) is 9.00. The molecule has 0 atom stereocenters. The largest absolute Gasteiger partial charge is 0.361 e. The second kappa shape index (κ2) is 5.94. The number of rotatable bonds is 4. The highest BCUT2D eigenvalue weighted by Gasteiger charge is 2.27. The second-order valence-electron chi connectivity index (χ2n) is 5.87. The van der Waals surface area contributed by atoms with Gasteiger partial charge in [0.25, 0.3) is 0 Å². The highest BCUT2D eigenvalue weighted by atomic mass is 32.2. The fourth-order valence-corrected chi connectivity index (χ4v) is 4.18. The lowest BCUT2D eigenvalue weighted by molar-refractivity contribution is 0.390. The lowest BCUT2D eigenvalue weighted by Crippen LogP contribution is -2.29. The maximum absolute atomic E-state index is 12.9. The van der Waals surface area contributed by atoms with Crippen LogP contribution in [0.3, 0.4) is 0 Å². The molecule has 0 amide bonds. The van der Waals surface area contributed by atoms with Crippen molar-refractivity contribution in [2.24, 2.45) is 0 Å². The van der Waals surface area contributed by atoms with Gasteiger partial charge in [0.2, 0.25) is 10.0 Å². The van der Waals surface area contributed by atoms with Gasteiger partial charge in [0.1, 0.15) is 5.76 Å². The van der Waals surface area contributed by atoms with Gasteiger partial charge in [0.05, 0.1) is 10.6 Å². The first-order chi connectivity index (χ1) is 10.9. The van der Waals surface area contributed by atoms with Crippen LogP contribution >= 0.6 is 0 Å². The number of sulfonamides is 1. The van der Waals surface area contributed by atoms with E-state index in [0.717, 1.165) is 23.2 Å². The molecule has 6 heteroatoms. The molecule has 5 nitrogen and oxygen atoms in total. The third-order valence-corrected chi connectivity index (χ3v) is 6.25. The van der Waals surface area contributed by atoms with Crippen LogP contribution in [0.15, 0.2) is 33.7 Å². The smallest absolute Gasteiger partial charge is 0.239 e. The zero-order chi connectivity index (χ0) is 16.6. The summed E-state index contributed by atoms with van der Waals surface area (Å²) in [5.74, 6) is 0.660. The van der Waals surface area contributed by atoms with Crippen molar-refractivity contribution in [2.45, 2.75) is 33.2 Å². The lowest BCUT2D eigenvalue weighted by Gasteiger charge is -2.22. The van der Waals surface area contributed by atoms with Crippen molar-refractivity contribution >= 4 is 16.1 Å². The third-order valence-electron chi connectivity index (χ3n) is 4.32. The molecule has 0 radical (unpaired) electrons.